The molecule has 1 aromatic carbocycles. The van der Waals surface area contributed by atoms with Gasteiger partial charge in [-0.2, -0.15) is 0 Å². The normalized spacial score (nSPS) is 16.6. The first-order valence-electron chi connectivity index (χ1n) is 7.62. The number of nitrogens with two attached hydrogens (primary N) is 1. The van der Waals surface area contributed by atoms with Gasteiger partial charge in [0.05, 0.1) is 17.1 Å². The number of nitrogen functional groups attached to an aromatic ring is 1. The van der Waals surface area contributed by atoms with Crippen molar-refractivity contribution in [3.05, 3.63) is 41.0 Å². The maximum atomic E-state index is 13.0. The van der Waals surface area contributed by atoms with Gasteiger partial charge in [-0.15, -0.1) is 11.3 Å². The molecule has 1 saturated heterocycles. The largest absolute Gasteiger partial charge is 0.397 e. The van der Waals surface area contributed by atoms with Gasteiger partial charge in [0.1, 0.15) is 5.82 Å². The highest BCUT2D eigenvalue weighted by molar-refractivity contribution is 7.18. The molecule has 6 heteroatoms. The molecule has 0 atom stereocenters. The Labute approximate surface area is 139 Å². The summed E-state index contributed by atoms with van der Waals surface area (Å²) in [6.45, 7) is 4.17. The van der Waals surface area contributed by atoms with Crippen molar-refractivity contribution >= 4 is 22.8 Å². The van der Waals surface area contributed by atoms with Crippen molar-refractivity contribution in [3.63, 3.8) is 0 Å². The van der Waals surface area contributed by atoms with Crippen LogP contribution in [0.2, 0.25) is 0 Å². The average molecular weight is 333 g/mol. The van der Waals surface area contributed by atoms with E-state index in [0.717, 1.165) is 36.6 Å². The van der Waals surface area contributed by atoms with Gasteiger partial charge >= 0.3 is 0 Å². The third-order valence-electron chi connectivity index (χ3n) is 4.11. The summed E-state index contributed by atoms with van der Waals surface area (Å²) >= 11 is 1.38. The Bertz CT molecular complexity index is 690. The first-order valence-corrected chi connectivity index (χ1v) is 8.44. The van der Waals surface area contributed by atoms with Gasteiger partial charge in [0.25, 0.3) is 0 Å². The average Bonchev–Trinajstić information content (AvgIpc) is 2.92. The summed E-state index contributed by atoms with van der Waals surface area (Å²) in [5.74, 6) is -0.213. The van der Waals surface area contributed by atoms with E-state index in [1.807, 2.05) is 0 Å². The van der Waals surface area contributed by atoms with Crippen LogP contribution in [0.5, 0.6) is 0 Å². The Balaban J connectivity index is 1.72. The van der Waals surface area contributed by atoms with E-state index in [-0.39, 0.29) is 11.6 Å². The Morgan fingerprint density at radius 2 is 1.87 bits per heavy atom. The molecule has 2 aromatic rings. The van der Waals surface area contributed by atoms with Crippen LogP contribution in [0.15, 0.2) is 30.3 Å². The molecule has 4 nitrogen and oxygen atoms in total. The molecule has 0 radical (unpaired) electrons. The molecule has 1 fully saturated rings. The zero-order chi connectivity index (χ0) is 16.4. The predicted molar refractivity (Wildman–Crippen MR) is 92.4 cm³/mol. The second-order valence-electron chi connectivity index (χ2n) is 5.90. The van der Waals surface area contributed by atoms with Crippen LogP contribution in [0.4, 0.5) is 10.1 Å². The highest BCUT2D eigenvalue weighted by atomic mass is 32.1. The molecule has 2 heterocycles. The molecule has 3 rings (SSSR count). The molecule has 1 aliphatic rings. The van der Waals surface area contributed by atoms with E-state index in [2.05, 4.69) is 16.8 Å². The van der Waals surface area contributed by atoms with E-state index in [4.69, 9.17) is 5.73 Å². The number of Topliss-reactive ketones (excluding diaryl/α,β-unsaturated/α-hetero) is 1. The highest BCUT2D eigenvalue weighted by Gasteiger charge is 2.20. The number of nitrogens with zero attached hydrogens (tertiary/aromatic N) is 2. The first-order chi connectivity index (χ1) is 11.0. The number of carbonyl (C=O) groups excluding carboxylic acids is 1. The van der Waals surface area contributed by atoms with E-state index >= 15 is 0 Å². The second-order valence-corrected chi connectivity index (χ2v) is 6.96. The third-order valence-corrected chi connectivity index (χ3v) is 5.35. The van der Waals surface area contributed by atoms with Crippen molar-refractivity contribution in [2.75, 3.05) is 45.5 Å². The maximum Gasteiger partial charge on any atom is 0.188 e. The van der Waals surface area contributed by atoms with E-state index in [1.165, 1.54) is 23.5 Å². The van der Waals surface area contributed by atoms with Gasteiger partial charge in [0.2, 0.25) is 0 Å². The molecule has 1 aliphatic heterocycles. The fourth-order valence-corrected chi connectivity index (χ4v) is 3.68. The van der Waals surface area contributed by atoms with Gasteiger partial charge in [-0.05, 0) is 30.8 Å². The van der Waals surface area contributed by atoms with Crippen LogP contribution >= 0.6 is 11.3 Å². The highest BCUT2D eigenvalue weighted by Crippen LogP contribution is 2.33. The molecule has 1 aromatic heterocycles. The molecule has 0 bridgehead atoms. The number of halogens is 1. The molecule has 0 amide bonds. The number of piperazine rings is 1. The lowest BCUT2D eigenvalue weighted by Crippen LogP contribution is -2.46. The monoisotopic (exact) mass is 333 g/mol. The number of thiophene rings is 1. The van der Waals surface area contributed by atoms with Gasteiger partial charge in [0, 0.05) is 31.1 Å². The lowest BCUT2D eigenvalue weighted by Gasteiger charge is -2.31. The lowest BCUT2D eigenvalue weighted by molar-refractivity contribution is 0.0881. The lowest BCUT2D eigenvalue weighted by atomic mass is 10.1. The molecule has 2 N–H and O–H groups in total. The van der Waals surface area contributed by atoms with Crippen molar-refractivity contribution in [2.45, 2.75) is 0 Å². The van der Waals surface area contributed by atoms with E-state index < -0.39 is 0 Å². The zero-order valence-electron chi connectivity index (χ0n) is 13.1. The molecule has 0 unspecified atom stereocenters. The summed E-state index contributed by atoms with van der Waals surface area (Å²) in [5, 5.41) is 0. The van der Waals surface area contributed by atoms with Gasteiger partial charge in [-0.3, -0.25) is 9.69 Å². The molecule has 0 aliphatic carbocycles. The van der Waals surface area contributed by atoms with Crippen LogP contribution in [0, 0.1) is 5.82 Å². The van der Waals surface area contributed by atoms with Crippen LogP contribution < -0.4 is 5.73 Å². The van der Waals surface area contributed by atoms with Crippen LogP contribution in [0.3, 0.4) is 0 Å². The third kappa shape index (κ3) is 3.77. The Kier molecular flexibility index (Phi) is 4.75. The van der Waals surface area contributed by atoms with Crippen molar-refractivity contribution in [3.8, 4) is 10.4 Å². The summed E-state index contributed by atoms with van der Waals surface area (Å²) in [5.41, 5.74) is 7.41. The Morgan fingerprint density at radius 1 is 1.22 bits per heavy atom. The molecule has 23 heavy (non-hydrogen) atoms. The van der Waals surface area contributed by atoms with Crippen molar-refractivity contribution < 1.29 is 9.18 Å². The minimum Gasteiger partial charge on any atom is -0.397 e. The number of anilines is 1. The fourth-order valence-electron chi connectivity index (χ4n) is 2.66. The minimum atomic E-state index is -0.273. The molecule has 122 valence electrons. The summed E-state index contributed by atoms with van der Waals surface area (Å²) in [7, 11) is 2.09. The van der Waals surface area contributed by atoms with E-state index in [1.54, 1.807) is 18.2 Å². The van der Waals surface area contributed by atoms with Gasteiger partial charge in [0.15, 0.2) is 5.78 Å². The summed E-state index contributed by atoms with van der Waals surface area (Å²) in [6, 6.07) is 8.04. The predicted octanol–water partition coefficient (Wildman–Crippen LogP) is 2.57. The standard InChI is InChI=1S/C17H20FN3OS/c1-20-6-8-21(9-7-20)11-15(22)17-14(19)10-16(23-17)12-2-4-13(18)5-3-12/h2-5,10H,6-9,11,19H2,1H3. The maximum absolute atomic E-state index is 13.0. The van der Waals surface area contributed by atoms with Crippen LogP contribution in [0.25, 0.3) is 10.4 Å². The van der Waals surface area contributed by atoms with Crippen molar-refractivity contribution in [2.24, 2.45) is 0 Å². The fraction of sp³-hybridized carbons (Fsp3) is 0.353. The van der Waals surface area contributed by atoms with Crippen LogP contribution in [0.1, 0.15) is 9.67 Å². The number of hydrogen-bond acceptors (Lipinski definition) is 5. The smallest absolute Gasteiger partial charge is 0.188 e. The number of carbonyl (C=O) groups is 1. The van der Waals surface area contributed by atoms with Crippen LogP contribution in [-0.4, -0.2) is 55.4 Å². The summed E-state index contributed by atoms with van der Waals surface area (Å²) in [4.78, 5) is 18.4. The SMILES string of the molecule is CN1CCN(CC(=O)c2sc(-c3ccc(F)cc3)cc2N)CC1. The Hall–Kier alpha value is -1.76. The number of hydrogen-bond donors (Lipinski definition) is 1. The zero-order valence-corrected chi connectivity index (χ0v) is 13.9. The second kappa shape index (κ2) is 6.78. The number of rotatable bonds is 4. The Morgan fingerprint density at radius 3 is 2.52 bits per heavy atom. The van der Waals surface area contributed by atoms with Crippen LogP contribution in [-0.2, 0) is 0 Å². The van der Waals surface area contributed by atoms with Gasteiger partial charge in [-0.1, -0.05) is 12.1 Å². The topological polar surface area (TPSA) is 49.6 Å². The van der Waals surface area contributed by atoms with Gasteiger partial charge in [-0.25, -0.2) is 4.39 Å². The minimum absolute atomic E-state index is 0.0606. The van der Waals surface area contributed by atoms with Crippen molar-refractivity contribution in [1.29, 1.82) is 0 Å². The van der Waals surface area contributed by atoms with Gasteiger partial charge < -0.3 is 10.6 Å². The summed E-state index contributed by atoms with van der Waals surface area (Å²) in [6.07, 6.45) is 0. The molecule has 0 saturated carbocycles. The van der Waals surface area contributed by atoms with Crippen molar-refractivity contribution in [1.82, 2.24) is 9.80 Å². The summed E-state index contributed by atoms with van der Waals surface area (Å²) < 4.78 is 13.0. The molecule has 0 spiro atoms. The van der Waals surface area contributed by atoms with E-state index in [9.17, 15) is 9.18 Å². The molecular weight excluding hydrogens is 313 g/mol. The first kappa shape index (κ1) is 16.1. The quantitative estimate of drug-likeness (QED) is 0.874. The number of benzene rings is 1. The van der Waals surface area contributed by atoms with E-state index in [0.29, 0.717) is 17.1 Å². The molecular formula is C17H20FN3OS. The number of ketones is 1. The number of likely N-dealkylation sites (N-methyl/N-ethyl adjacent to an activating group) is 1.